The molecule has 1 saturated heterocycles. The summed E-state index contributed by atoms with van der Waals surface area (Å²) in [5.74, 6) is 0.0795. The van der Waals surface area contributed by atoms with Gasteiger partial charge in [-0.05, 0) is 30.9 Å². The molecule has 1 fully saturated rings. The minimum absolute atomic E-state index is 0.0406. The van der Waals surface area contributed by atoms with Crippen LogP contribution >= 0.6 is 0 Å². The lowest BCUT2D eigenvalue weighted by atomic mass is 10.0. The summed E-state index contributed by atoms with van der Waals surface area (Å²) in [6.07, 6.45) is 4.02. The van der Waals surface area contributed by atoms with Gasteiger partial charge in [-0.25, -0.2) is 8.42 Å². The fourth-order valence-corrected chi connectivity index (χ4v) is 5.29. The number of benzene rings is 2. The number of hydrogen-bond donors (Lipinski definition) is 0. The maximum absolute atomic E-state index is 13.1. The lowest BCUT2D eigenvalue weighted by Crippen LogP contribution is -2.35. The maximum atomic E-state index is 13.1. The molecule has 1 aliphatic rings. The van der Waals surface area contributed by atoms with Crippen LogP contribution in [0.5, 0.6) is 0 Å². The summed E-state index contributed by atoms with van der Waals surface area (Å²) in [6.45, 7) is 2.68. The Hall–Kier alpha value is -1.65. The first kappa shape index (κ1) is 17.2. The Morgan fingerprint density at radius 2 is 1.79 bits per heavy atom. The molecule has 1 heterocycles. The van der Waals surface area contributed by atoms with Crippen molar-refractivity contribution in [2.75, 3.05) is 6.54 Å². The van der Waals surface area contributed by atoms with E-state index in [1.807, 2.05) is 36.4 Å². The Bertz CT molecular complexity index is 771. The third-order valence-electron chi connectivity index (χ3n) is 4.68. The van der Waals surface area contributed by atoms with Crippen LogP contribution in [-0.4, -0.2) is 19.3 Å². The van der Waals surface area contributed by atoms with Gasteiger partial charge in [-0.15, -0.1) is 0 Å². The van der Waals surface area contributed by atoms with Gasteiger partial charge in [0.2, 0.25) is 10.0 Å². The molecule has 0 amide bonds. The quantitative estimate of drug-likeness (QED) is 0.823. The van der Waals surface area contributed by atoms with Crippen molar-refractivity contribution < 1.29 is 8.42 Å². The molecule has 1 atom stereocenters. The largest absolute Gasteiger partial charge is 0.218 e. The summed E-state index contributed by atoms with van der Waals surface area (Å²) in [7, 11) is -3.34. The number of nitrogens with zero attached hydrogens (tertiary/aromatic N) is 1. The SMILES string of the molecule is Cc1cccc(C2CCCCCN2S(=O)(=O)Cc2ccccc2)c1. The Labute approximate surface area is 145 Å². The molecule has 128 valence electrons. The highest BCUT2D eigenvalue weighted by Gasteiger charge is 2.32. The van der Waals surface area contributed by atoms with Gasteiger partial charge in [-0.3, -0.25) is 0 Å². The molecule has 3 nitrogen and oxygen atoms in total. The molecule has 0 spiro atoms. The van der Waals surface area contributed by atoms with Gasteiger partial charge in [0.25, 0.3) is 0 Å². The van der Waals surface area contributed by atoms with Crippen molar-refractivity contribution in [2.45, 2.75) is 44.4 Å². The van der Waals surface area contributed by atoms with Crippen LogP contribution in [0.4, 0.5) is 0 Å². The topological polar surface area (TPSA) is 37.4 Å². The first-order valence-corrected chi connectivity index (χ1v) is 10.3. The normalized spacial score (nSPS) is 19.8. The molecule has 3 rings (SSSR count). The van der Waals surface area contributed by atoms with Crippen LogP contribution in [0.15, 0.2) is 54.6 Å². The predicted octanol–water partition coefficient (Wildman–Crippen LogP) is 4.44. The van der Waals surface area contributed by atoms with Crippen LogP contribution in [0.25, 0.3) is 0 Å². The highest BCUT2D eigenvalue weighted by atomic mass is 32.2. The minimum Gasteiger partial charge on any atom is -0.212 e. The van der Waals surface area contributed by atoms with Gasteiger partial charge in [0.05, 0.1) is 5.75 Å². The van der Waals surface area contributed by atoms with E-state index in [9.17, 15) is 8.42 Å². The van der Waals surface area contributed by atoms with Crippen LogP contribution in [0, 0.1) is 6.92 Å². The number of rotatable bonds is 4. The van der Waals surface area contributed by atoms with Gasteiger partial charge in [0.1, 0.15) is 0 Å². The molecule has 0 N–H and O–H groups in total. The Morgan fingerprint density at radius 3 is 2.54 bits per heavy atom. The van der Waals surface area contributed by atoms with Crippen molar-refractivity contribution in [1.82, 2.24) is 4.31 Å². The number of hydrogen-bond acceptors (Lipinski definition) is 2. The fraction of sp³-hybridized carbons (Fsp3) is 0.400. The van der Waals surface area contributed by atoms with Gasteiger partial charge in [0, 0.05) is 12.6 Å². The van der Waals surface area contributed by atoms with Gasteiger partial charge >= 0.3 is 0 Å². The highest BCUT2D eigenvalue weighted by molar-refractivity contribution is 7.88. The molecule has 0 aliphatic carbocycles. The molecule has 1 aliphatic heterocycles. The summed E-state index contributed by atoms with van der Waals surface area (Å²) >= 11 is 0. The second-order valence-corrected chi connectivity index (χ2v) is 8.55. The van der Waals surface area contributed by atoms with Crippen molar-refractivity contribution in [3.05, 3.63) is 71.3 Å². The molecule has 2 aromatic carbocycles. The van der Waals surface area contributed by atoms with E-state index in [0.717, 1.165) is 36.8 Å². The highest BCUT2D eigenvalue weighted by Crippen LogP contribution is 2.33. The minimum atomic E-state index is -3.34. The van der Waals surface area contributed by atoms with Gasteiger partial charge in [0.15, 0.2) is 0 Å². The molecule has 0 bridgehead atoms. The average Bonchev–Trinajstić information content (AvgIpc) is 2.82. The third kappa shape index (κ3) is 4.05. The molecule has 2 aromatic rings. The molecule has 4 heteroatoms. The molecule has 0 aromatic heterocycles. The molecular formula is C20H25NO2S. The summed E-state index contributed by atoms with van der Waals surface area (Å²) in [6, 6.07) is 17.7. The number of aryl methyl sites for hydroxylation is 1. The van der Waals surface area contributed by atoms with E-state index < -0.39 is 10.0 Å². The van der Waals surface area contributed by atoms with E-state index in [2.05, 4.69) is 25.1 Å². The van der Waals surface area contributed by atoms with Crippen molar-refractivity contribution in [3.63, 3.8) is 0 Å². The van der Waals surface area contributed by atoms with Gasteiger partial charge in [-0.2, -0.15) is 4.31 Å². The van der Waals surface area contributed by atoms with Gasteiger partial charge in [-0.1, -0.05) is 73.0 Å². The Kier molecular flexibility index (Phi) is 5.36. The summed E-state index contributed by atoms with van der Waals surface area (Å²) in [4.78, 5) is 0. The fourth-order valence-electron chi connectivity index (χ4n) is 3.49. The molecule has 0 saturated carbocycles. The zero-order chi connectivity index (χ0) is 17.0. The standard InChI is InChI=1S/C20H25NO2S/c1-17-9-8-12-19(15-17)20-13-6-3-7-14-21(20)24(22,23)16-18-10-4-2-5-11-18/h2,4-5,8-12,15,20H,3,6-7,13-14,16H2,1H3. The first-order valence-electron chi connectivity index (χ1n) is 8.66. The van der Waals surface area contributed by atoms with E-state index >= 15 is 0 Å². The zero-order valence-corrected chi connectivity index (χ0v) is 15.0. The van der Waals surface area contributed by atoms with E-state index in [-0.39, 0.29) is 11.8 Å². The van der Waals surface area contributed by atoms with Crippen molar-refractivity contribution >= 4 is 10.0 Å². The predicted molar refractivity (Wildman–Crippen MR) is 98.2 cm³/mol. The lowest BCUT2D eigenvalue weighted by molar-refractivity contribution is 0.328. The van der Waals surface area contributed by atoms with E-state index in [1.54, 1.807) is 4.31 Å². The summed E-state index contributed by atoms with van der Waals surface area (Å²) < 4.78 is 28.0. The molecular weight excluding hydrogens is 318 g/mol. The van der Waals surface area contributed by atoms with Crippen molar-refractivity contribution in [1.29, 1.82) is 0 Å². The lowest BCUT2D eigenvalue weighted by Gasteiger charge is -2.30. The monoisotopic (exact) mass is 343 g/mol. The van der Waals surface area contributed by atoms with Crippen molar-refractivity contribution in [2.24, 2.45) is 0 Å². The second-order valence-electron chi connectivity index (χ2n) is 6.63. The van der Waals surface area contributed by atoms with Crippen LogP contribution in [0.1, 0.15) is 48.4 Å². The first-order chi connectivity index (χ1) is 11.6. The maximum Gasteiger partial charge on any atom is 0.218 e. The summed E-state index contributed by atoms with van der Waals surface area (Å²) in [5, 5.41) is 0. The van der Waals surface area contributed by atoms with Crippen LogP contribution in [0.3, 0.4) is 0 Å². The zero-order valence-electron chi connectivity index (χ0n) is 14.2. The Balaban J connectivity index is 1.92. The second kappa shape index (κ2) is 7.49. The smallest absolute Gasteiger partial charge is 0.212 e. The third-order valence-corrected chi connectivity index (χ3v) is 6.53. The Morgan fingerprint density at radius 1 is 1.00 bits per heavy atom. The molecule has 24 heavy (non-hydrogen) atoms. The van der Waals surface area contributed by atoms with Crippen LogP contribution in [-0.2, 0) is 15.8 Å². The summed E-state index contributed by atoms with van der Waals surface area (Å²) in [5.41, 5.74) is 3.15. The molecule has 1 unspecified atom stereocenters. The van der Waals surface area contributed by atoms with Crippen LogP contribution < -0.4 is 0 Å². The van der Waals surface area contributed by atoms with E-state index in [1.165, 1.54) is 5.56 Å². The average molecular weight is 343 g/mol. The van der Waals surface area contributed by atoms with Gasteiger partial charge < -0.3 is 0 Å². The van der Waals surface area contributed by atoms with Crippen LogP contribution in [0.2, 0.25) is 0 Å². The van der Waals surface area contributed by atoms with Crippen molar-refractivity contribution in [3.8, 4) is 0 Å². The molecule has 0 radical (unpaired) electrons. The van der Waals surface area contributed by atoms with E-state index in [0.29, 0.717) is 6.54 Å². The number of sulfonamides is 1. The van der Waals surface area contributed by atoms with E-state index in [4.69, 9.17) is 0 Å².